The van der Waals surface area contributed by atoms with Crippen LogP contribution in [0.3, 0.4) is 0 Å². The van der Waals surface area contributed by atoms with Gasteiger partial charge in [-0.15, -0.1) is 0 Å². The molecule has 1 N–H and O–H groups in total. The monoisotopic (exact) mass is 325 g/mol. The van der Waals surface area contributed by atoms with Crippen LogP contribution in [0.4, 0.5) is 5.69 Å². The highest BCUT2D eigenvalue weighted by atomic mass is 16.5. The normalized spacial score (nSPS) is 10.9. The third-order valence-electron chi connectivity index (χ3n) is 3.37. The lowest BCUT2D eigenvalue weighted by Gasteiger charge is -2.09. The van der Waals surface area contributed by atoms with Gasteiger partial charge in [-0.3, -0.25) is 9.59 Å². The summed E-state index contributed by atoms with van der Waals surface area (Å²) in [4.78, 5) is 24.3. The summed E-state index contributed by atoms with van der Waals surface area (Å²) in [6.07, 6.45) is 1.53. The van der Waals surface area contributed by atoms with E-state index in [0.717, 1.165) is 0 Å². The second-order valence-corrected chi connectivity index (χ2v) is 5.05. The van der Waals surface area contributed by atoms with Crippen LogP contribution in [0.15, 0.2) is 54.1 Å². The molecule has 0 atom stereocenters. The van der Waals surface area contributed by atoms with Crippen LogP contribution in [0.1, 0.15) is 12.5 Å². The smallest absolute Gasteiger partial charge is 0.259 e. The number of Topliss-reactive ketones (excluding diaryl/α,β-unsaturated/α-hetero) is 1. The van der Waals surface area contributed by atoms with Crippen molar-refractivity contribution in [3.8, 4) is 11.5 Å². The molecule has 1 amide bonds. The first-order valence-electron chi connectivity index (χ1n) is 7.36. The quantitative estimate of drug-likeness (QED) is 0.503. The number of anilines is 1. The Morgan fingerprint density at radius 2 is 1.62 bits per heavy atom. The summed E-state index contributed by atoms with van der Waals surface area (Å²) in [7, 11) is 3.07. The van der Waals surface area contributed by atoms with Gasteiger partial charge in [0.25, 0.3) is 5.91 Å². The molecule has 0 bridgehead atoms. The Hall–Kier alpha value is -3.08. The topological polar surface area (TPSA) is 64.6 Å². The van der Waals surface area contributed by atoms with Gasteiger partial charge in [-0.2, -0.15) is 0 Å². The van der Waals surface area contributed by atoms with Crippen LogP contribution in [0, 0.1) is 0 Å². The van der Waals surface area contributed by atoms with E-state index in [-0.39, 0.29) is 11.4 Å². The van der Waals surface area contributed by atoms with Gasteiger partial charge in [-0.05, 0) is 42.8 Å². The van der Waals surface area contributed by atoms with Gasteiger partial charge in [0.1, 0.15) is 0 Å². The molecule has 24 heavy (non-hydrogen) atoms. The maximum atomic E-state index is 12.4. The van der Waals surface area contributed by atoms with Crippen molar-refractivity contribution < 1.29 is 19.1 Å². The molecule has 0 aromatic heterocycles. The van der Waals surface area contributed by atoms with Crippen molar-refractivity contribution in [2.45, 2.75) is 6.92 Å². The van der Waals surface area contributed by atoms with Crippen LogP contribution in [-0.4, -0.2) is 25.9 Å². The van der Waals surface area contributed by atoms with Gasteiger partial charge in [-0.25, -0.2) is 0 Å². The highest BCUT2D eigenvalue weighted by Gasteiger charge is 2.15. The van der Waals surface area contributed by atoms with Crippen molar-refractivity contribution in [3.63, 3.8) is 0 Å². The van der Waals surface area contributed by atoms with E-state index in [4.69, 9.17) is 9.47 Å². The number of amides is 1. The molecule has 124 valence electrons. The number of ketones is 1. The zero-order valence-electron chi connectivity index (χ0n) is 13.8. The molecule has 0 aliphatic heterocycles. The fourth-order valence-corrected chi connectivity index (χ4v) is 2.16. The van der Waals surface area contributed by atoms with E-state index in [0.29, 0.717) is 22.7 Å². The number of benzene rings is 2. The Balaban J connectivity index is 2.31. The molecular weight excluding hydrogens is 306 g/mol. The predicted octanol–water partition coefficient (Wildman–Crippen LogP) is 3.31. The molecule has 0 unspecified atom stereocenters. The van der Waals surface area contributed by atoms with Crippen molar-refractivity contribution in [2.24, 2.45) is 0 Å². The fourth-order valence-electron chi connectivity index (χ4n) is 2.16. The minimum absolute atomic E-state index is 0.0612. The zero-order valence-corrected chi connectivity index (χ0v) is 13.8. The number of hydrogen-bond donors (Lipinski definition) is 1. The second-order valence-electron chi connectivity index (χ2n) is 5.05. The summed E-state index contributed by atoms with van der Waals surface area (Å²) < 4.78 is 10.4. The number of para-hydroxylation sites is 1. The Morgan fingerprint density at radius 3 is 2.21 bits per heavy atom. The van der Waals surface area contributed by atoms with Crippen LogP contribution in [0.5, 0.6) is 11.5 Å². The molecule has 0 fully saturated rings. The summed E-state index contributed by atoms with van der Waals surface area (Å²) in [5.74, 6) is 0.326. The molecule has 0 saturated carbocycles. The standard InChI is InChI=1S/C19H19NO4/c1-13(21)16(19(22)20-15-7-5-4-6-8-15)11-14-9-10-17(23-2)18(12-14)24-3/h4-12H,1-3H3,(H,20,22)/b16-11+. The number of carbonyl (C=O) groups is 2. The molecule has 2 aromatic rings. The molecular formula is C19H19NO4. The van der Waals surface area contributed by atoms with Gasteiger partial charge in [0.2, 0.25) is 0 Å². The molecule has 2 aromatic carbocycles. The molecule has 5 nitrogen and oxygen atoms in total. The van der Waals surface area contributed by atoms with Crippen molar-refractivity contribution in [1.82, 2.24) is 0 Å². The number of hydrogen-bond acceptors (Lipinski definition) is 4. The number of rotatable bonds is 6. The van der Waals surface area contributed by atoms with Crippen molar-refractivity contribution in [2.75, 3.05) is 19.5 Å². The second kappa shape index (κ2) is 7.97. The first-order valence-corrected chi connectivity index (χ1v) is 7.36. The largest absolute Gasteiger partial charge is 0.493 e. The summed E-state index contributed by atoms with van der Waals surface area (Å²) in [5, 5.41) is 2.71. The molecule has 0 aliphatic carbocycles. The lowest BCUT2D eigenvalue weighted by molar-refractivity contribution is -0.118. The summed E-state index contributed by atoms with van der Waals surface area (Å²) in [5.41, 5.74) is 1.36. The van der Waals surface area contributed by atoms with Gasteiger partial charge in [0, 0.05) is 5.69 Å². The molecule has 2 rings (SSSR count). The third kappa shape index (κ3) is 4.23. The van der Waals surface area contributed by atoms with Crippen LogP contribution in [-0.2, 0) is 9.59 Å². The van der Waals surface area contributed by atoms with E-state index >= 15 is 0 Å². The van der Waals surface area contributed by atoms with Gasteiger partial charge >= 0.3 is 0 Å². The Labute approximate surface area is 140 Å². The van der Waals surface area contributed by atoms with Crippen molar-refractivity contribution in [1.29, 1.82) is 0 Å². The van der Waals surface area contributed by atoms with Crippen molar-refractivity contribution in [3.05, 3.63) is 59.7 Å². The Morgan fingerprint density at radius 1 is 0.958 bits per heavy atom. The SMILES string of the molecule is COc1ccc(/C=C(\C(C)=O)C(=O)Nc2ccccc2)cc1OC. The summed E-state index contributed by atoms with van der Waals surface area (Å²) >= 11 is 0. The fraction of sp³-hybridized carbons (Fsp3) is 0.158. The highest BCUT2D eigenvalue weighted by Crippen LogP contribution is 2.28. The van der Waals surface area contributed by atoms with E-state index < -0.39 is 5.91 Å². The third-order valence-corrected chi connectivity index (χ3v) is 3.37. The summed E-state index contributed by atoms with van der Waals surface area (Å²) in [6, 6.07) is 14.1. The maximum Gasteiger partial charge on any atom is 0.259 e. The number of nitrogens with one attached hydrogen (secondary N) is 1. The van der Waals surface area contributed by atoms with Gasteiger partial charge in [0.15, 0.2) is 17.3 Å². The lowest BCUT2D eigenvalue weighted by atomic mass is 10.1. The average molecular weight is 325 g/mol. The van der Waals surface area contributed by atoms with E-state index in [2.05, 4.69) is 5.32 Å². The lowest BCUT2D eigenvalue weighted by Crippen LogP contribution is -2.18. The highest BCUT2D eigenvalue weighted by molar-refractivity contribution is 6.25. The first kappa shape index (κ1) is 17.3. The minimum Gasteiger partial charge on any atom is -0.493 e. The van der Waals surface area contributed by atoms with E-state index in [1.807, 2.05) is 6.07 Å². The van der Waals surface area contributed by atoms with Gasteiger partial charge < -0.3 is 14.8 Å². The van der Waals surface area contributed by atoms with Crippen LogP contribution in [0.25, 0.3) is 6.08 Å². The average Bonchev–Trinajstić information content (AvgIpc) is 2.59. The van der Waals surface area contributed by atoms with Crippen LogP contribution >= 0.6 is 0 Å². The van der Waals surface area contributed by atoms with Crippen LogP contribution < -0.4 is 14.8 Å². The van der Waals surface area contributed by atoms with Crippen LogP contribution in [0.2, 0.25) is 0 Å². The van der Waals surface area contributed by atoms with E-state index in [9.17, 15) is 9.59 Å². The molecule has 0 aliphatic rings. The number of methoxy groups -OCH3 is 2. The summed E-state index contributed by atoms with van der Waals surface area (Å²) in [6.45, 7) is 1.36. The number of carbonyl (C=O) groups excluding carboxylic acids is 2. The zero-order chi connectivity index (χ0) is 17.5. The van der Waals surface area contributed by atoms with E-state index in [1.165, 1.54) is 20.1 Å². The Bertz CT molecular complexity index is 766. The van der Waals surface area contributed by atoms with E-state index in [1.54, 1.807) is 49.6 Å². The molecule has 0 radical (unpaired) electrons. The predicted molar refractivity (Wildman–Crippen MR) is 93.3 cm³/mol. The molecule has 0 spiro atoms. The van der Waals surface area contributed by atoms with Gasteiger partial charge in [-0.1, -0.05) is 24.3 Å². The van der Waals surface area contributed by atoms with Crippen molar-refractivity contribution >= 4 is 23.5 Å². The van der Waals surface area contributed by atoms with Gasteiger partial charge in [0.05, 0.1) is 19.8 Å². The minimum atomic E-state index is -0.455. The molecule has 5 heteroatoms. The Kier molecular flexibility index (Phi) is 5.73. The number of ether oxygens (including phenoxy) is 2. The molecule has 0 saturated heterocycles. The molecule has 0 heterocycles. The maximum absolute atomic E-state index is 12.4. The first-order chi connectivity index (χ1) is 11.5.